The number of para-hydroxylation sites is 2. The summed E-state index contributed by atoms with van der Waals surface area (Å²) in [6.45, 7) is 4.46. The van der Waals surface area contributed by atoms with Gasteiger partial charge in [-0.05, 0) is 36.4 Å². The van der Waals surface area contributed by atoms with E-state index in [1.807, 2.05) is 32.0 Å². The van der Waals surface area contributed by atoms with Gasteiger partial charge >= 0.3 is 0 Å². The summed E-state index contributed by atoms with van der Waals surface area (Å²) in [5.41, 5.74) is 1.38. The second-order valence-electron chi connectivity index (χ2n) is 5.45. The minimum atomic E-state index is -0.219. The summed E-state index contributed by atoms with van der Waals surface area (Å²) in [5, 5.41) is 14.9. The van der Waals surface area contributed by atoms with E-state index in [1.165, 1.54) is 11.8 Å². The molecule has 0 unspecified atom stereocenters. The number of thioether (sulfide) groups is 1. The van der Waals surface area contributed by atoms with E-state index in [1.54, 1.807) is 15.6 Å². The number of amides is 2. The molecule has 1 aromatic heterocycles. The smallest absolute Gasteiger partial charge is 0.237 e. The number of tetrazole rings is 1. The number of rotatable bonds is 4. The van der Waals surface area contributed by atoms with Gasteiger partial charge in [0.15, 0.2) is 0 Å². The van der Waals surface area contributed by atoms with Crippen molar-refractivity contribution in [2.75, 3.05) is 16.0 Å². The number of nitrogens with zero attached hydrogens (tertiary/aromatic N) is 5. The quantitative estimate of drug-likeness (QED) is 0.844. The molecule has 1 aliphatic heterocycles. The van der Waals surface area contributed by atoms with Crippen LogP contribution in [0.1, 0.15) is 20.3 Å². The predicted octanol–water partition coefficient (Wildman–Crippen LogP) is 1.55. The third kappa shape index (κ3) is 3.25. The zero-order valence-electron chi connectivity index (χ0n) is 13.5. The number of nitrogens with one attached hydrogen (secondary N) is 1. The van der Waals surface area contributed by atoms with Crippen LogP contribution in [0.15, 0.2) is 29.4 Å². The molecule has 1 aromatic carbocycles. The first-order valence-corrected chi connectivity index (χ1v) is 8.68. The van der Waals surface area contributed by atoms with Crippen LogP contribution in [0.4, 0.5) is 11.4 Å². The van der Waals surface area contributed by atoms with Crippen molar-refractivity contribution in [3.63, 3.8) is 0 Å². The van der Waals surface area contributed by atoms with Gasteiger partial charge in [-0.3, -0.25) is 9.59 Å². The van der Waals surface area contributed by atoms with Crippen LogP contribution in [-0.2, 0) is 16.1 Å². The Balaban J connectivity index is 1.81. The van der Waals surface area contributed by atoms with Crippen LogP contribution in [-0.4, -0.2) is 43.8 Å². The number of benzene rings is 1. The van der Waals surface area contributed by atoms with Gasteiger partial charge in [0.05, 0.1) is 17.1 Å². The second kappa shape index (κ2) is 7.00. The largest absolute Gasteiger partial charge is 0.324 e. The summed E-state index contributed by atoms with van der Waals surface area (Å²) >= 11 is 1.29. The van der Waals surface area contributed by atoms with E-state index in [0.29, 0.717) is 17.4 Å². The number of aromatic nitrogens is 4. The molecule has 0 spiro atoms. The van der Waals surface area contributed by atoms with E-state index in [2.05, 4.69) is 20.8 Å². The Hall–Kier alpha value is -2.42. The van der Waals surface area contributed by atoms with Gasteiger partial charge in [-0.15, -0.1) is 5.10 Å². The van der Waals surface area contributed by atoms with Gasteiger partial charge in [-0.25, -0.2) is 4.68 Å². The molecule has 1 N–H and O–H groups in total. The van der Waals surface area contributed by atoms with E-state index in [9.17, 15) is 9.59 Å². The van der Waals surface area contributed by atoms with Crippen LogP contribution in [0.2, 0.25) is 0 Å². The first kappa shape index (κ1) is 16.4. The monoisotopic (exact) mass is 346 g/mol. The van der Waals surface area contributed by atoms with E-state index in [4.69, 9.17) is 0 Å². The highest BCUT2D eigenvalue weighted by Gasteiger charge is 2.29. The van der Waals surface area contributed by atoms with Crippen molar-refractivity contribution in [2.45, 2.75) is 38.0 Å². The summed E-state index contributed by atoms with van der Waals surface area (Å²) < 4.78 is 1.64. The maximum Gasteiger partial charge on any atom is 0.237 e. The summed E-state index contributed by atoms with van der Waals surface area (Å²) in [5.74, 6) is 0.0303. The number of fused-ring (bicyclic) bond motifs is 1. The Bertz CT molecular complexity index is 762. The number of anilines is 2. The minimum Gasteiger partial charge on any atom is -0.324 e. The normalized spacial score (nSPS) is 17.2. The highest BCUT2D eigenvalue weighted by atomic mass is 32.2. The van der Waals surface area contributed by atoms with Gasteiger partial charge < -0.3 is 10.2 Å². The molecule has 0 bridgehead atoms. The topological polar surface area (TPSA) is 93.0 Å². The van der Waals surface area contributed by atoms with E-state index < -0.39 is 0 Å². The maximum atomic E-state index is 12.8. The van der Waals surface area contributed by atoms with Crippen LogP contribution in [0.5, 0.6) is 0 Å². The standard InChI is InChI=1S/C15H18N6O2S/c1-3-20-15(17-18-19-20)24-9-14(23)21-10(2)8-13(22)16-11-6-4-5-7-12(11)21/h4-7,10H,3,8-9H2,1-2H3,(H,16,22)/t10-/m0/s1. The molecule has 0 saturated heterocycles. The fraction of sp³-hybridized carbons (Fsp3) is 0.400. The number of hydrogen-bond acceptors (Lipinski definition) is 6. The molecule has 24 heavy (non-hydrogen) atoms. The first-order chi connectivity index (χ1) is 11.6. The average Bonchev–Trinajstić information content (AvgIpc) is 2.97. The molecule has 2 aromatic rings. The third-order valence-corrected chi connectivity index (χ3v) is 4.69. The fourth-order valence-corrected chi connectivity index (χ4v) is 3.46. The van der Waals surface area contributed by atoms with Crippen molar-refractivity contribution in [1.82, 2.24) is 20.2 Å². The Morgan fingerprint density at radius 3 is 3.00 bits per heavy atom. The molecular formula is C15H18N6O2S. The second-order valence-corrected chi connectivity index (χ2v) is 6.39. The van der Waals surface area contributed by atoms with Gasteiger partial charge in [0.2, 0.25) is 17.0 Å². The highest BCUT2D eigenvalue weighted by Crippen LogP contribution is 2.32. The summed E-state index contributed by atoms with van der Waals surface area (Å²) in [6, 6.07) is 7.12. The molecular weight excluding hydrogens is 328 g/mol. The van der Waals surface area contributed by atoms with Crippen molar-refractivity contribution in [2.24, 2.45) is 0 Å². The van der Waals surface area contributed by atoms with E-state index in [-0.39, 0.29) is 30.0 Å². The predicted molar refractivity (Wildman–Crippen MR) is 90.9 cm³/mol. The molecule has 0 aliphatic carbocycles. The van der Waals surface area contributed by atoms with Crippen LogP contribution < -0.4 is 10.2 Å². The van der Waals surface area contributed by atoms with Crippen LogP contribution >= 0.6 is 11.8 Å². The molecule has 1 aliphatic rings. The van der Waals surface area contributed by atoms with Crippen LogP contribution in [0.3, 0.4) is 0 Å². The Labute approximate surface area is 143 Å². The van der Waals surface area contributed by atoms with Gasteiger partial charge in [0.25, 0.3) is 0 Å². The fourth-order valence-electron chi connectivity index (χ4n) is 2.66. The van der Waals surface area contributed by atoms with Crippen LogP contribution in [0, 0.1) is 0 Å². The molecule has 3 rings (SSSR count). The number of hydrogen-bond donors (Lipinski definition) is 1. The average molecular weight is 346 g/mol. The zero-order valence-corrected chi connectivity index (χ0v) is 14.3. The van der Waals surface area contributed by atoms with E-state index in [0.717, 1.165) is 5.69 Å². The zero-order chi connectivity index (χ0) is 17.1. The van der Waals surface area contributed by atoms with Gasteiger partial charge in [-0.2, -0.15) is 0 Å². The van der Waals surface area contributed by atoms with Gasteiger partial charge in [-0.1, -0.05) is 23.9 Å². The van der Waals surface area contributed by atoms with Crippen molar-refractivity contribution in [3.8, 4) is 0 Å². The van der Waals surface area contributed by atoms with Gasteiger partial charge in [0.1, 0.15) is 0 Å². The molecule has 0 fully saturated rings. The van der Waals surface area contributed by atoms with Crippen molar-refractivity contribution >= 4 is 35.0 Å². The molecule has 2 amide bonds. The molecule has 1 atom stereocenters. The SMILES string of the molecule is CCn1nnnc1SCC(=O)N1c2ccccc2NC(=O)C[C@@H]1C. The molecule has 9 heteroatoms. The Morgan fingerprint density at radius 2 is 2.21 bits per heavy atom. The Kier molecular flexibility index (Phi) is 4.79. The minimum absolute atomic E-state index is 0.0814. The lowest BCUT2D eigenvalue weighted by Crippen LogP contribution is -2.40. The summed E-state index contributed by atoms with van der Waals surface area (Å²) in [6.07, 6.45) is 0.262. The third-order valence-electron chi connectivity index (χ3n) is 3.75. The molecule has 8 nitrogen and oxygen atoms in total. The number of aryl methyl sites for hydroxylation is 1. The van der Waals surface area contributed by atoms with E-state index >= 15 is 0 Å². The van der Waals surface area contributed by atoms with Crippen molar-refractivity contribution in [3.05, 3.63) is 24.3 Å². The highest BCUT2D eigenvalue weighted by molar-refractivity contribution is 7.99. The number of carbonyl (C=O) groups excluding carboxylic acids is 2. The molecule has 0 saturated carbocycles. The molecule has 2 heterocycles. The van der Waals surface area contributed by atoms with Crippen molar-refractivity contribution in [1.29, 1.82) is 0 Å². The molecule has 0 radical (unpaired) electrons. The lowest BCUT2D eigenvalue weighted by Gasteiger charge is -2.27. The number of carbonyl (C=O) groups is 2. The lowest BCUT2D eigenvalue weighted by atomic mass is 10.2. The first-order valence-electron chi connectivity index (χ1n) is 7.70. The van der Waals surface area contributed by atoms with Gasteiger partial charge in [0, 0.05) is 19.0 Å². The Morgan fingerprint density at radius 1 is 1.42 bits per heavy atom. The van der Waals surface area contributed by atoms with Crippen LogP contribution in [0.25, 0.3) is 0 Å². The summed E-state index contributed by atoms with van der Waals surface area (Å²) in [4.78, 5) is 26.5. The summed E-state index contributed by atoms with van der Waals surface area (Å²) in [7, 11) is 0. The van der Waals surface area contributed by atoms with Crippen molar-refractivity contribution < 1.29 is 9.59 Å². The lowest BCUT2D eigenvalue weighted by molar-refractivity contribution is -0.117. The molecule has 126 valence electrons. The maximum absolute atomic E-state index is 12.8.